The van der Waals surface area contributed by atoms with E-state index in [4.69, 9.17) is 0 Å². The van der Waals surface area contributed by atoms with Crippen molar-refractivity contribution in [2.24, 2.45) is 11.8 Å². The average Bonchev–Trinajstić information content (AvgIpc) is 2.65. The Hall–Kier alpha value is -1.92. The number of hydrogen-bond donors (Lipinski definition) is 2. The third kappa shape index (κ3) is 6.05. The summed E-state index contributed by atoms with van der Waals surface area (Å²) in [4.78, 5) is 30.1. The number of carbonyl (C=O) groups is 2. The van der Waals surface area contributed by atoms with Gasteiger partial charge in [-0.2, -0.15) is 0 Å². The summed E-state index contributed by atoms with van der Waals surface area (Å²) >= 11 is 0. The third-order valence-corrected chi connectivity index (χ3v) is 6.00. The Morgan fingerprint density at radius 3 is 1.93 bits per heavy atom. The zero-order chi connectivity index (χ0) is 23.2. The van der Waals surface area contributed by atoms with Gasteiger partial charge < -0.3 is 15.3 Å². The van der Waals surface area contributed by atoms with Crippen LogP contribution in [0, 0.1) is 11.8 Å². The molecule has 0 fully saturated rings. The number of aliphatic hydroxyl groups is 1. The molecule has 6 heteroatoms. The Bertz CT molecular complexity index is 686. The first kappa shape index (κ1) is 26.1. The first-order chi connectivity index (χ1) is 13.9. The van der Waals surface area contributed by atoms with Crippen LogP contribution in [0.15, 0.2) is 30.3 Å². The van der Waals surface area contributed by atoms with Gasteiger partial charge in [0.1, 0.15) is 6.04 Å². The zero-order valence-electron chi connectivity index (χ0n) is 20.1. The van der Waals surface area contributed by atoms with Crippen LogP contribution < -0.4 is 5.32 Å². The second kappa shape index (κ2) is 10.9. The Morgan fingerprint density at radius 1 is 1.00 bits per heavy atom. The van der Waals surface area contributed by atoms with Crippen molar-refractivity contribution in [3.63, 3.8) is 0 Å². The molecule has 2 N–H and O–H groups in total. The van der Waals surface area contributed by atoms with Crippen LogP contribution >= 0.6 is 0 Å². The molecule has 0 aliphatic carbocycles. The fourth-order valence-corrected chi connectivity index (χ4v) is 4.14. The van der Waals surface area contributed by atoms with Crippen LogP contribution in [0.3, 0.4) is 0 Å². The van der Waals surface area contributed by atoms with Crippen LogP contribution in [0.4, 0.5) is 0 Å². The lowest BCUT2D eigenvalue weighted by molar-refractivity contribution is -0.141. The Labute approximate surface area is 182 Å². The molecule has 0 aromatic heterocycles. The molecule has 1 unspecified atom stereocenters. The lowest BCUT2D eigenvalue weighted by Crippen LogP contribution is -2.60. The Balaban J connectivity index is 3.17. The maximum atomic E-state index is 13.4. The van der Waals surface area contributed by atoms with Crippen molar-refractivity contribution in [2.45, 2.75) is 65.1 Å². The second-order valence-corrected chi connectivity index (χ2v) is 9.63. The molecule has 2 amide bonds. The molecule has 0 radical (unpaired) electrons. The van der Waals surface area contributed by atoms with Crippen LogP contribution in [0.25, 0.3) is 0 Å². The molecule has 0 spiro atoms. The summed E-state index contributed by atoms with van der Waals surface area (Å²) in [6.45, 7) is 11.8. The zero-order valence-corrected chi connectivity index (χ0v) is 20.1. The van der Waals surface area contributed by atoms with E-state index in [0.717, 1.165) is 5.56 Å². The van der Waals surface area contributed by atoms with E-state index in [1.165, 1.54) is 0 Å². The predicted molar refractivity (Wildman–Crippen MR) is 122 cm³/mol. The fourth-order valence-electron chi connectivity index (χ4n) is 4.14. The molecule has 30 heavy (non-hydrogen) atoms. The van der Waals surface area contributed by atoms with Crippen molar-refractivity contribution in [3.8, 4) is 0 Å². The quantitative estimate of drug-likeness (QED) is 0.611. The van der Waals surface area contributed by atoms with Gasteiger partial charge in [-0.05, 0) is 31.5 Å². The average molecular weight is 420 g/mol. The van der Waals surface area contributed by atoms with E-state index < -0.39 is 17.5 Å². The molecular formula is C24H41N3O3. The van der Waals surface area contributed by atoms with Crippen molar-refractivity contribution in [3.05, 3.63) is 35.9 Å². The van der Waals surface area contributed by atoms with E-state index in [2.05, 4.69) is 5.32 Å². The first-order valence-corrected chi connectivity index (χ1v) is 10.8. The van der Waals surface area contributed by atoms with Crippen molar-refractivity contribution < 1.29 is 14.7 Å². The number of hydrogen-bond acceptors (Lipinski definition) is 4. The lowest BCUT2D eigenvalue weighted by Gasteiger charge is -2.40. The molecule has 6 nitrogen and oxygen atoms in total. The highest BCUT2D eigenvalue weighted by atomic mass is 16.3. The topological polar surface area (TPSA) is 72.9 Å². The highest BCUT2D eigenvalue weighted by molar-refractivity contribution is 5.91. The van der Waals surface area contributed by atoms with Crippen molar-refractivity contribution >= 4 is 11.8 Å². The number of rotatable bonds is 10. The normalized spacial score (nSPS) is 15.2. The van der Waals surface area contributed by atoms with E-state index in [1.54, 1.807) is 11.9 Å². The fraction of sp³-hybridized carbons (Fsp3) is 0.667. The number of carbonyl (C=O) groups excluding carboxylic acids is 2. The minimum atomic E-state index is -0.663. The SMILES string of the molecule is CC(C)C(NC(=O)[C@@H](N(C)C)C(C)(C)c1ccccc1)C(=O)N(C)[C@H](CO)C(C)C. The van der Waals surface area contributed by atoms with E-state index in [9.17, 15) is 14.7 Å². The van der Waals surface area contributed by atoms with Crippen LogP contribution in [0.1, 0.15) is 47.1 Å². The molecule has 0 aliphatic rings. The standard InChI is InChI=1S/C24H41N3O3/c1-16(2)19(15-28)27(9)23(30)20(17(3)4)25-22(29)21(26(7)8)24(5,6)18-13-11-10-12-14-18/h10-14,16-17,19-21,28H,15H2,1-9H3,(H,25,29)/t19-,20?,21-/m1/s1. The summed E-state index contributed by atoms with van der Waals surface area (Å²) in [6, 6.07) is 8.54. The maximum absolute atomic E-state index is 13.4. The van der Waals surface area contributed by atoms with Crippen LogP contribution in [-0.4, -0.2) is 72.6 Å². The van der Waals surface area contributed by atoms with E-state index >= 15 is 0 Å². The number of amides is 2. The van der Waals surface area contributed by atoms with Gasteiger partial charge in [0.15, 0.2) is 0 Å². The van der Waals surface area contributed by atoms with E-state index in [1.807, 2.05) is 90.9 Å². The van der Waals surface area contributed by atoms with Gasteiger partial charge in [0.25, 0.3) is 0 Å². The molecule has 0 saturated carbocycles. The predicted octanol–water partition coefficient (Wildman–Crippen LogP) is 2.51. The molecule has 0 heterocycles. The van der Waals surface area contributed by atoms with Gasteiger partial charge >= 0.3 is 0 Å². The van der Waals surface area contributed by atoms with Crippen LogP contribution in [0.2, 0.25) is 0 Å². The first-order valence-electron chi connectivity index (χ1n) is 10.8. The van der Waals surface area contributed by atoms with Crippen LogP contribution in [-0.2, 0) is 15.0 Å². The monoisotopic (exact) mass is 419 g/mol. The number of aliphatic hydroxyl groups excluding tert-OH is 1. The highest BCUT2D eigenvalue weighted by Crippen LogP contribution is 2.30. The molecule has 3 atom stereocenters. The summed E-state index contributed by atoms with van der Waals surface area (Å²) in [6.07, 6.45) is 0. The van der Waals surface area contributed by atoms with Gasteiger partial charge in [-0.1, -0.05) is 71.9 Å². The van der Waals surface area contributed by atoms with Crippen molar-refractivity contribution in [1.29, 1.82) is 0 Å². The molecule has 170 valence electrons. The molecule has 1 rings (SSSR count). The Morgan fingerprint density at radius 2 is 1.53 bits per heavy atom. The molecule has 0 bridgehead atoms. The Kier molecular flexibility index (Phi) is 9.50. The van der Waals surface area contributed by atoms with Gasteiger partial charge in [0, 0.05) is 12.5 Å². The summed E-state index contributed by atoms with van der Waals surface area (Å²) in [5.41, 5.74) is 0.597. The molecule has 1 aromatic carbocycles. The smallest absolute Gasteiger partial charge is 0.245 e. The van der Waals surface area contributed by atoms with Gasteiger partial charge in [0.05, 0.1) is 18.7 Å². The minimum absolute atomic E-state index is 0.0851. The van der Waals surface area contributed by atoms with Crippen LogP contribution in [0.5, 0.6) is 0 Å². The largest absolute Gasteiger partial charge is 0.394 e. The lowest BCUT2D eigenvalue weighted by atomic mass is 9.76. The van der Waals surface area contributed by atoms with Gasteiger partial charge in [0.2, 0.25) is 11.8 Å². The third-order valence-electron chi connectivity index (χ3n) is 6.00. The number of nitrogens with one attached hydrogen (secondary N) is 1. The summed E-state index contributed by atoms with van der Waals surface area (Å²) in [7, 11) is 5.46. The second-order valence-electron chi connectivity index (χ2n) is 9.63. The van der Waals surface area contributed by atoms with Gasteiger partial charge in [-0.15, -0.1) is 0 Å². The van der Waals surface area contributed by atoms with Crippen molar-refractivity contribution in [2.75, 3.05) is 27.7 Å². The summed E-state index contributed by atoms with van der Waals surface area (Å²) in [5, 5.41) is 12.7. The van der Waals surface area contributed by atoms with E-state index in [-0.39, 0.29) is 36.3 Å². The number of nitrogens with zero attached hydrogens (tertiary/aromatic N) is 2. The molecule has 1 aromatic rings. The molecule has 0 saturated heterocycles. The van der Waals surface area contributed by atoms with Gasteiger partial charge in [-0.25, -0.2) is 0 Å². The number of benzene rings is 1. The van der Waals surface area contributed by atoms with Crippen molar-refractivity contribution in [1.82, 2.24) is 15.1 Å². The summed E-state index contributed by atoms with van der Waals surface area (Å²) < 4.78 is 0. The maximum Gasteiger partial charge on any atom is 0.245 e. The molecular weight excluding hydrogens is 378 g/mol. The van der Waals surface area contributed by atoms with E-state index in [0.29, 0.717) is 0 Å². The highest BCUT2D eigenvalue weighted by Gasteiger charge is 2.40. The molecule has 0 aliphatic heterocycles. The van der Waals surface area contributed by atoms with Gasteiger partial charge in [-0.3, -0.25) is 14.5 Å². The number of likely N-dealkylation sites (N-methyl/N-ethyl adjacent to an activating group) is 2. The minimum Gasteiger partial charge on any atom is -0.394 e. The summed E-state index contributed by atoms with van der Waals surface area (Å²) in [5.74, 6) is -0.336.